The van der Waals surface area contributed by atoms with E-state index in [1.54, 1.807) is 10.9 Å². The van der Waals surface area contributed by atoms with Gasteiger partial charge in [-0.25, -0.2) is 9.97 Å². The number of hydrogen-bond donors (Lipinski definition) is 1. The van der Waals surface area contributed by atoms with Gasteiger partial charge in [0, 0.05) is 24.8 Å². The van der Waals surface area contributed by atoms with Gasteiger partial charge in [-0.1, -0.05) is 0 Å². The first-order chi connectivity index (χ1) is 8.58. The zero-order valence-electron chi connectivity index (χ0n) is 9.99. The maximum atomic E-state index is 10.4. The molecule has 2 aromatic heterocycles. The van der Waals surface area contributed by atoms with E-state index in [0.29, 0.717) is 12.5 Å². The predicted molar refractivity (Wildman–Crippen MR) is 64.0 cm³/mol. The summed E-state index contributed by atoms with van der Waals surface area (Å²) in [6.45, 7) is 2.48. The normalized spacial score (nSPS) is 10.3. The van der Waals surface area contributed by atoms with Crippen LogP contribution in [0.1, 0.15) is 11.3 Å². The molecule has 0 radical (unpaired) electrons. The lowest BCUT2D eigenvalue weighted by Crippen LogP contribution is -2.05. The molecule has 0 atom stereocenters. The Hall–Kier alpha value is -2.51. The lowest BCUT2D eigenvalue weighted by molar-refractivity contribution is -0.385. The average molecular weight is 248 g/mol. The number of nitrogens with one attached hydrogen (secondary N) is 1. The van der Waals surface area contributed by atoms with Crippen molar-refractivity contribution in [3.63, 3.8) is 0 Å². The number of anilines is 1. The number of aryl methyl sites for hydroxylation is 1. The van der Waals surface area contributed by atoms with Gasteiger partial charge < -0.3 is 5.32 Å². The summed E-state index contributed by atoms with van der Waals surface area (Å²) in [6, 6.07) is 0. The van der Waals surface area contributed by atoms with Gasteiger partial charge in [0.15, 0.2) is 0 Å². The van der Waals surface area contributed by atoms with Crippen molar-refractivity contribution in [2.45, 2.75) is 13.5 Å². The van der Waals surface area contributed by atoms with E-state index < -0.39 is 4.92 Å². The molecule has 0 fully saturated rings. The van der Waals surface area contributed by atoms with Crippen molar-refractivity contribution in [1.29, 1.82) is 0 Å². The topological polar surface area (TPSA) is 98.8 Å². The molecule has 1 N–H and O–H groups in total. The zero-order chi connectivity index (χ0) is 13.1. The van der Waals surface area contributed by atoms with Gasteiger partial charge in [0.1, 0.15) is 12.4 Å². The molecule has 0 bridgehead atoms. The Morgan fingerprint density at radius 3 is 2.56 bits per heavy atom. The highest BCUT2D eigenvalue weighted by Crippen LogP contribution is 2.10. The predicted octanol–water partition coefficient (Wildman–Crippen LogP) is 1.04. The minimum Gasteiger partial charge on any atom is -0.350 e. The molecule has 94 valence electrons. The van der Waals surface area contributed by atoms with E-state index in [2.05, 4.69) is 20.4 Å². The number of aromatic nitrogens is 4. The highest BCUT2D eigenvalue weighted by molar-refractivity contribution is 5.32. The Kier molecular flexibility index (Phi) is 3.18. The largest absolute Gasteiger partial charge is 0.350 e. The van der Waals surface area contributed by atoms with E-state index >= 15 is 0 Å². The van der Waals surface area contributed by atoms with Crippen molar-refractivity contribution >= 4 is 11.6 Å². The molecule has 0 unspecified atom stereocenters. The Bertz CT molecular complexity index is 562. The molecule has 0 spiro atoms. The first kappa shape index (κ1) is 12.0. The lowest BCUT2D eigenvalue weighted by atomic mass is 10.2. The minimum atomic E-state index is -0.533. The molecule has 2 heterocycles. The monoisotopic (exact) mass is 248 g/mol. The van der Waals surface area contributed by atoms with Gasteiger partial charge in [0.05, 0.1) is 11.1 Å². The third kappa shape index (κ3) is 2.42. The number of nitrogens with zero attached hydrogens (tertiary/aromatic N) is 5. The standard InChI is InChI=1S/C10H12N6O2/c1-7-8(4-14-15(7)2)3-11-10-12-5-9(6-13-10)16(17)18/h4-6H,3H2,1-2H3,(H,11,12,13). The SMILES string of the molecule is Cc1c(CNc2ncc([N+](=O)[O-])cn2)cnn1C. The van der Waals surface area contributed by atoms with Crippen LogP contribution < -0.4 is 5.32 Å². The fourth-order valence-electron chi connectivity index (χ4n) is 1.40. The molecule has 0 aliphatic carbocycles. The molecule has 0 saturated carbocycles. The molecule has 8 heteroatoms. The lowest BCUT2D eigenvalue weighted by Gasteiger charge is -2.03. The van der Waals surface area contributed by atoms with Crippen LogP contribution in [0.15, 0.2) is 18.6 Å². The van der Waals surface area contributed by atoms with Gasteiger partial charge in [-0.05, 0) is 6.92 Å². The summed E-state index contributed by atoms with van der Waals surface area (Å²) in [5.41, 5.74) is 1.95. The van der Waals surface area contributed by atoms with Gasteiger partial charge >= 0.3 is 5.69 Å². The van der Waals surface area contributed by atoms with Crippen molar-refractivity contribution in [2.75, 3.05) is 5.32 Å². The molecule has 0 saturated heterocycles. The van der Waals surface area contributed by atoms with Crippen molar-refractivity contribution in [2.24, 2.45) is 7.05 Å². The van der Waals surface area contributed by atoms with Gasteiger partial charge in [-0.15, -0.1) is 0 Å². The van der Waals surface area contributed by atoms with Crippen LogP contribution in [-0.4, -0.2) is 24.7 Å². The number of nitro groups is 1. The molecule has 0 aromatic carbocycles. The molecule has 0 aliphatic rings. The second-order valence-electron chi connectivity index (χ2n) is 3.75. The summed E-state index contributed by atoms with van der Waals surface area (Å²) in [5, 5.41) is 17.5. The summed E-state index contributed by atoms with van der Waals surface area (Å²) >= 11 is 0. The van der Waals surface area contributed by atoms with Crippen LogP contribution in [0.5, 0.6) is 0 Å². The van der Waals surface area contributed by atoms with Crippen LogP contribution in [0.3, 0.4) is 0 Å². The smallest absolute Gasteiger partial charge is 0.305 e. The summed E-state index contributed by atoms with van der Waals surface area (Å²) < 4.78 is 1.77. The zero-order valence-corrected chi connectivity index (χ0v) is 9.99. The van der Waals surface area contributed by atoms with Crippen LogP contribution in [0, 0.1) is 17.0 Å². The second-order valence-corrected chi connectivity index (χ2v) is 3.75. The van der Waals surface area contributed by atoms with Gasteiger partial charge in [-0.3, -0.25) is 14.8 Å². The molecule has 2 aromatic rings. The van der Waals surface area contributed by atoms with Crippen LogP contribution in [0.4, 0.5) is 11.6 Å². The van der Waals surface area contributed by atoms with Crippen molar-refractivity contribution < 1.29 is 4.92 Å². The Balaban J connectivity index is 2.02. The van der Waals surface area contributed by atoms with Crippen molar-refractivity contribution in [3.8, 4) is 0 Å². The first-order valence-corrected chi connectivity index (χ1v) is 5.25. The average Bonchev–Trinajstić information content (AvgIpc) is 2.68. The van der Waals surface area contributed by atoms with Gasteiger partial charge in [-0.2, -0.15) is 5.10 Å². The highest BCUT2D eigenvalue weighted by Gasteiger charge is 2.07. The van der Waals surface area contributed by atoms with E-state index in [1.807, 2.05) is 14.0 Å². The first-order valence-electron chi connectivity index (χ1n) is 5.25. The summed E-state index contributed by atoms with van der Waals surface area (Å²) in [4.78, 5) is 17.6. The van der Waals surface area contributed by atoms with Crippen LogP contribution in [0.2, 0.25) is 0 Å². The quantitative estimate of drug-likeness (QED) is 0.641. The second kappa shape index (κ2) is 4.78. The van der Waals surface area contributed by atoms with E-state index in [1.165, 1.54) is 12.4 Å². The third-order valence-corrected chi connectivity index (χ3v) is 2.62. The molecule has 8 nitrogen and oxygen atoms in total. The molecule has 0 amide bonds. The van der Waals surface area contributed by atoms with Gasteiger partial charge in [0.25, 0.3) is 0 Å². The van der Waals surface area contributed by atoms with Gasteiger partial charge in [0.2, 0.25) is 5.95 Å². The van der Waals surface area contributed by atoms with E-state index in [-0.39, 0.29) is 5.69 Å². The Morgan fingerprint density at radius 1 is 1.39 bits per heavy atom. The number of hydrogen-bond acceptors (Lipinski definition) is 6. The third-order valence-electron chi connectivity index (χ3n) is 2.62. The summed E-state index contributed by atoms with van der Waals surface area (Å²) in [5.74, 6) is 0.351. The van der Waals surface area contributed by atoms with Crippen molar-refractivity contribution in [3.05, 3.63) is 40.0 Å². The van der Waals surface area contributed by atoms with Crippen molar-refractivity contribution in [1.82, 2.24) is 19.7 Å². The molecular formula is C10H12N6O2. The minimum absolute atomic E-state index is 0.127. The Labute approximate surface area is 103 Å². The number of rotatable bonds is 4. The molecule has 18 heavy (non-hydrogen) atoms. The van der Waals surface area contributed by atoms with Crippen LogP contribution in [0.25, 0.3) is 0 Å². The fraction of sp³-hybridized carbons (Fsp3) is 0.300. The Morgan fingerprint density at radius 2 is 2.06 bits per heavy atom. The maximum absolute atomic E-state index is 10.4. The fourth-order valence-corrected chi connectivity index (χ4v) is 1.40. The maximum Gasteiger partial charge on any atom is 0.305 e. The van der Waals surface area contributed by atoms with E-state index in [9.17, 15) is 10.1 Å². The molecule has 2 rings (SSSR count). The van der Waals surface area contributed by atoms with Crippen LogP contribution in [-0.2, 0) is 13.6 Å². The highest BCUT2D eigenvalue weighted by atomic mass is 16.6. The molecule has 0 aliphatic heterocycles. The summed E-state index contributed by atoms with van der Waals surface area (Å²) in [7, 11) is 1.86. The van der Waals surface area contributed by atoms with E-state index in [0.717, 1.165) is 11.3 Å². The molecular weight excluding hydrogens is 236 g/mol. The van der Waals surface area contributed by atoms with Crippen LogP contribution >= 0.6 is 0 Å². The summed E-state index contributed by atoms with van der Waals surface area (Å²) in [6.07, 6.45) is 4.10. The van der Waals surface area contributed by atoms with E-state index in [4.69, 9.17) is 0 Å².